The van der Waals surface area contributed by atoms with Crippen LogP contribution in [0.3, 0.4) is 0 Å². The summed E-state index contributed by atoms with van der Waals surface area (Å²) in [4.78, 5) is 0. The monoisotopic (exact) mass is 622 g/mol. The first-order chi connectivity index (χ1) is 21.0. The Balaban J connectivity index is 0.000000240. The largest absolute Gasteiger partial charge is 0.490 e. The number of ether oxygens (including phenoxy) is 2. The Morgan fingerprint density at radius 1 is 0.614 bits per heavy atom. The lowest BCUT2D eigenvalue weighted by Crippen LogP contribution is -2.29. The third kappa shape index (κ3) is 11.5. The topological polar surface area (TPSA) is 42.5 Å². The summed E-state index contributed by atoms with van der Waals surface area (Å²) in [5, 5.41) is 6.16. The zero-order valence-corrected chi connectivity index (χ0v) is 24.9. The van der Waals surface area contributed by atoms with E-state index in [0.717, 1.165) is 63.0 Å². The van der Waals surface area contributed by atoms with Crippen molar-refractivity contribution in [1.82, 2.24) is 10.6 Å². The van der Waals surface area contributed by atoms with Crippen LogP contribution in [-0.4, -0.2) is 39.4 Å². The van der Waals surface area contributed by atoms with Crippen molar-refractivity contribution in [1.29, 1.82) is 0 Å². The molecule has 0 fully saturated rings. The van der Waals surface area contributed by atoms with Crippen LogP contribution in [0.4, 0.5) is 26.3 Å². The maximum Gasteiger partial charge on any atom is 0.416 e. The first kappa shape index (κ1) is 35.0. The molecule has 0 aromatic heterocycles. The Morgan fingerprint density at radius 2 is 0.977 bits per heavy atom. The number of nitrogens with one attached hydrogen (secondary N) is 2. The molecule has 240 valence electrons. The lowest BCUT2D eigenvalue weighted by molar-refractivity contribution is -0.138. The van der Waals surface area contributed by atoms with Crippen molar-refractivity contribution in [2.45, 2.75) is 50.2 Å². The zero-order valence-electron chi connectivity index (χ0n) is 24.9. The molecule has 0 aliphatic heterocycles. The van der Waals surface area contributed by atoms with E-state index in [-0.39, 0.29) is 24.0 Å². The number of rotatable bonds is 12. The van der Waals surface area contributed by atoms with E-state index in [4.69, 9.17) is 9.47 Å². The smallest absolute Gasteiger partial charge is 0.416 e. The third-order valence-corrected chi connectivity index (χ3v) is 7.28. The molecule has 10 heteroatoms. The predicted octanol–water partition coefficient (Wildman–Crippen LogP) is 8.39. The number of benzene rings is 2. The summed E-state index contributed by atoms with van der Waals surface area (Å²) < 4.78 is 87.3. The fourth-order valence-electron chi connectivity index (χ4n) is 4.84. The molecule has 2 aromatic rings. The van der Waals surface area contributed by atoms with Crippen molar-refractivity contribution in [2.24, 2.45) is 11.8 Å². The Morgan fingerprint density at radius 3 is 1.25 bits per heavy atom. The van der Waals surface area contributed by atoms with E-state index in [2.05, 4.69) is 34.9 Å². The fraction of sp³-hybridized carbons (Fsp3) is 0.412. The zero-order chi connectivity index (χ0) is 32.0. The Labute approximate surface area is 255 Å². The van der Waals surface area contributed by atoms with Crippen LogP contribution in [0.2, 0.25) is 0 Å². The molecule has 0 radical (unpaired) electrons. The maximum atomic E-state index is 12.6. The van der Waals surface area contributed by atoms with Gasteiger partial charge in [-0.3, -0.25) is 0 Å². The van der Waals surface area contributed by atoms with Gasteiger partial charge < -0.3 is 20.1 Å². The van der Waals surface area contributed by atoms with Gasteiger partial charge >= 0.3 is 12.4 Å². The van der Waals surface area contributed by atoms with E-state index >= 15 is 0 Å². The molecular weight excluding hydrogens is 582 g/mol. The molecule has 0 bridgehead atoms. The molecule has 4 rings (SSSR count). The molecule has 2 aliphatic rings. The number of allylic oxidation sites excluding steroid dienone is 6. The van der Waals surface area contributed by atoms with Crippen molar-refractivity contribution >= 4 is 0 Å². The van der Waals surface area contributed by atoms with Crippen molar-refractivity contribution in [3.05, 3.63) is 108 Å². The van der Waals surface area contributed by atoms with E-state index in [1.54, 1.807) is 0 Å². The second kappa shape index (κ2) is 17.1. The van der Waals surface area contributed by atoms with Gasteiger partial charge in [0.1, 0.15) is 23.7 Å². The van der Waals surface area contributed by atoms with Crippen molar-refractivity contribution in [2.75, 3.05) is 27.2 Å². The minimum absolute atomic E-state index is 0.0645. The highest BCUT2D eigenvalue weighted by atomic mass is 19.4. The van der Waals surface area contributed by atoms with Crippen LogP contribution in [0.15, 0.2) is 97.1 Å². The van der Waals surface area contributed by atoms with Crippen LogP contribution in [0.1, 0.15) is 36.8 Å². The number of hydrogen-bond donors (Lipinski definition) is 2. The van der Waals surface area contributed by atoms with Gasteiger partial charge in [0, 0.05) is 11.8 Å². The minimum atomic E-state index is -4.32. The molecule has 4 unspecified atom stereocenters. The van der Waals surface area contributed by atoms with E-state index in [1.165, 1.54) is 24.3 Å². The summed E-state index contributed by atoms with van der Waals surface area (Å²) >= 11 is 0. The molecule has 0 amide bonds. The second-order valence-corrected chi connectivity index (χ2v) is 10.6. The standard InChI is InChI=1S/2C17H20F3NO/c2*1-21-12-11-16(13-5-3-2-4-6-13)22-15-9-7-14(8-10-15)17(18,19)20/h2*2-5,7-10,13,16,21H,6,11-12H2,1H3. The molecule has 0 heterocycles. The second-order valence-electron chi connectivity index (χ2n) is 10.6. The summed E-state index contributed by atoms with van der Waals surface area (Å²) in [7, 11) is 3.73. The lowest BCUT2D eigenvalue weighted by atomic mass is 9.92. The van der Waals surface area contributed by atoms with Gasteiger partial charge in [-0.2, -0.15) is 26.3 Å². The third-order valence-electron chi connectivity index (χ3n) is 7.28. The average Bonchev–Trinajstić information content (AvgIpc) is 3.02. The summed E-state index contributed by atoms with van der Waals surface area (Å²) in [6, 6.07) is 9.77. The Hall–Kier alpha value is -3.50. The lowest BCUT2D eigenvalue weighted by Gasteiger charge is -2.26. The van der Waals surface area contributed by atoms with E-state index in [0.29, 0.717) is 11.5 Å². The van der Waals surface area contributed by atoms with Crippen LogP contribution >= 0.6 is 0 Å². The van der Waals surface area contributed by atoms with Crippen molar-refractivity contribution in [3.63, 3.8) is 0 Å². The van der Waals surface area contributed by atoms with Crippen molar-refractivity contribution < 1.29 is 35.8 Å². The number of alkyl halides is 6. The van der Waals surface area contributed by atoms with Crippen LogP contribution in [-0.2, 0) is 12.4 Å². The van der Waals surface area contributed by atoms with Gasteiger partial charge in [0.2, 0.25) is 0 Å². The van der Waals surface area contributed by atoms with Gasteiger partial charge in [-0.05, 0) is 101 Å². The van der Waals surface area contributed by atoms with E-state index in [9.17, 15) is 26.3 Å². The van der Waals surface area contributed by atoms with Gasteiger partial charge in [0.05, 0.1) is 11.1 Å². The summed E-state index contributed by atoms with van der Waals surface area (Å²) in [5.74, 6) is 1.41. The summed E-state index contributed by atoms with van der Waals surface area (Å²) in [5.41, 5.74) is -1.32. The summed E-state index contributed by atoms with van der Waals surface area (Å²) in [6.45, 7) is 1.58. The van der Waals surface area contributed by atoms with Crippen LogP contribution in [0.5, 0.6) is 11.5 Å². The first-order valence-corrected chi connectivity index (χ1v) is 14.6. The van der Waals surface area contributed by atoms with Crippen LogP contribution in [0, 0.1) is 11.8 Å². The van der Waals surface area contributed by atoms with E-state index < -0.39 is 23.5 Å². The molecular formula is C34H40F6N2O2. The minimum Gasteiger partial charge on any atom is -0.490 e. The predicted molar refractivity (Wildman–Crippen MR) is 162 cm³/mol. The molecule has 4 nitrogen and oxygen atoms in total. The van der Waals surface area contributed by atoms with Crippen LogP contribution in [0.25, 0.3) is 0 Å². The van der Waals surface area contributed by atoms with Gasteiger partial charge in [-0.1, -0.05) is 48.6 Å². The molecule has 2 N–H and O–H groups in total. The first-order valence-electron chi connectivity index (χ1n) is 14.6. The van der Waals surface area contributed by atoms with Gasteiger partial charge in [-0.25, -0.2) is 0 Å². The quantitative estimate of drug-likeness (QED) is 0.234. The molecule has 0 saturated carbocycles. The Kier molecular flexibility index (Phi) is 13.6. The Bertz CT molecular complexity index is 1140. The average molecular weight is 623 g/mol. The highest BCUT2D eigenvalue weighted by molar-refractivity contribution is 5.30. The fourth-order valence-corrected chi connectivity index (χ4v) is 4.84. The number of halogens is 6. The summed E-state index contributed by atoms with van der Waals surface area (Å²) in [6.07, 6.45) is 10.9. The molecule has 0 saturated heterocycles. The van der Waals surface area contributed by atoms with E-state index in [1.807, 2.05) is 38.4 Å². The SMILES string of the molecule is CNCCC(Oc1ccc(C(F)(F)F)cc1)C1C=CC=CC1.CNCCC(Oc1ccc(C(F)(F)F)cc1)C1C=CC=CC1. The highest BCUT2D eigenvalue weighted by Gasteiger charge is 2.31. The molecule has 2 aromatic carbocycles. The molecule has 0 spiro atoms. The van der Waals surface area contributed by atoms with Crippen molar-refractivity contribution in [3.8, 4) is 11.5 Å². The van der Waals surface area contributed by atoms with Gasteiger partial charge in [0.15, 0.2) is 0 Å². The van der Waals surface area contributed by atoms with Crippen LogP contribution < -0.4 is 20.1 Å². The van der Waals surface area contributed by atoms with Gasteiger partial charge in [0.25, 0.3) is 0 Å². The highest BCUT2D eigenvalue weighted by Crippen LogP contribution is 2.33. The molecule has 44 heavy (non-hydrogen) atoms. The molecule has 2 aliphatic carbocycles. The molecule has 4 atom stereocenters. The normalized spacial score (nSPS) is 19.2. The number of hydrogen-bond acceptors (Lipinski definition) is 4. The van der Waals surface area contributed by atoms with Gasteiger partial charge in [-0.15, -0.1) is 0 Å². The maximum absolute atomic E-state index is 12.6.